The van der Waals surface area contributed by atoms with E-state index in [0.717, 1.165) is 25.0 Å². The van der Waals surface area contributed by atoms with Crippen LogP contribution in [0.25, 0.3) is 0 Å². The van der Waals surface area contributed by atoms with Gasteiger partial charge in [-0.3, -0.25) is 4.79 Å². The Labute approximate surface area is 130 Å². The maximum atomic E-state index is 11.9. The van der Waals surface area contributed by atoms with E-state index in [4.69, 9.17) is 4.74 Å². The minimum Gasteiger partial charge on any atom is -0.439 e. The number of carbonyl (C=O) groups is 1. The van der Waals surface area contributed by atoms with E-state index in [2.05, 4.69) is 24.1 Å². The number of hydrogen-bond acceptors (Lipinski definition) is 3. The third-order valence-corrected chi connectivity index (χ3v) is 4.18. The highest BCUT2D eigenvalue weighted by Crippen LogP contribution is 2.28. The van der Waals surface area contributed by atoms with Gasteiger partial charge in [-0.2, -0.15) is 0 Å². The fraction of sp³-hybridized carbons (Fsp3) is 0.333. The fourth-order valence-electron chi connectivity index (χ4n) is 2.33. The maximum absolute atomic E-state index is 11.9. The number of carbonyl (C=O) groups excluding carboxylic acids is 1. The van der Waals surface area contributed by atoms with Gasteiger partial charge >= 0.3 is 0 Å². The highest BCUT2D eigenvalue weighted by atomic mass is 16.5. The average molecular weight is 296 g/mol. The Balaban J connectivity index is 1.63. The van der Waals surface area contributed by atoms with E-state index >= 15 is 0 Å². The number of benzene rings is 1. The van der Waals surface area contributed by atoms with Crippen molar-refractivity contribution in [3.63, 3.8) is 0 Å². The van der Waals surface area contributed by atoms with E-state index in [9.17, 15) is 4.79 Å². The molecule has 0 atom stereocenters. The molecule has 0 bridgehead atoms. The van der Waals surface area contributed by atoms with Crippen molar-refractivity contribution in [2.75, 3.05) is 5.32 Å². The summed E-state index contributed by atoms with van der Waals surface area (Å²) in [6.45, 7) is 4.12. The number of rotatable bonds is 4. The van der Waals surface area contributed by atoms with Gasteiger partial charge in [0.25, 0.3) is 0 Å². The van der Waals surface area contributed by atoms with E-state index in [0.29, 0.717) is 11.6 Å². The van der Waals surface area contributed by atoms with Crippen LogP contribution in [0, 0.1) is 19.8 Å². The lowest BCUT2D eigenvalue weighted by atomic mass is 9.85. The van der Waals surface area contributed by atoms with E-state index in [1.165, 1.54) is 11.1 Å². The van der Waals surface area contributed by atoms with Gasteiger partial charge in [-0.15, -0.1) is 0 Å². The molecular formula is C18H20N2O2. The van der Waals surface area contributed by atoms with Gasteiger partial charge in [-0.25, -0.2) is 4.98 Å². The summed E-state index contributed by atoms with van der Waals surface area (Å²) in [4.78, 5) is 16.1. The zero-order valence-electron chi connectivity index (χ0n) is 12.9. The van der Waals surface area contributed by atoms with Crippen LogP contribution in [0.5, 0.6) is 11.6 Å². The second kappa shape index (κ2) is 6.18. The number of hydrogen-bond donors (Lipinski definition) is 1. The Morgan fingerprint density at radius 2 is 2.00 bits per heavy atom. The van der Waals surface area contributed by atoms with Crippen LogP contribution in [0.15, 0.2) is 36.5 Å². The van der Waals surface area contributed by atoms with Crippen LogP contribution in [0.1, 0.15) is 30.4 Å². The smallest absolute Gasteiger partial charge is 0.227 e. The summed E-state index contributed by atoms with van der Waals surface area (Å²) in [5, 5.41) is 2.89. The Hall–Kier alpha value is -2.36. The largest absolute Gasteiger partial charge is 0.439 e. The number of nitrogens with one attached hydrogen (secondary N) is 1. The lowest BCUT2D eigenvalue weighted by Gasteiger charge is -2.23. The van der Waals surface area contributed by atoms with Gasteiger partial charge in [0.1, 0.15) is 5.75 Å². The van der Waals surface area contributed by atoms with Gasteiger partial charge < -0.3 is 10.1 Å². The third-order valence-electron chi connectivity index (χ3n) is 4.18. The molecule has 22 heavy (non-hydrogen) atoms. The second-order valence-electron chi connectivity index (χ2n) is 5.85. The Kier molecular flexibility index (Phi) is 4.09. The fourth-order valence-corrected chi connectivity index (χ4v) is 2.33. The first-order valence-corrected chi connectivity index (χ1v) is 7.64. The third kappa shape index (κ3) is 3.27. The number of ether oxygens (including phenoxy) is 1. The topological polar surface area (TPSA) is 51.2 Å². The number of pyridine rings is 1. The van der Waals surface area contributed by atoms with Gasteiger partial charge in [0, 0.05) is 12.0 Å². The molecule has 0 unspecified atom stereocenters. The first-order chi connectivity index (χ1) is 10.6. The van der Waals surface area contributed by atoms with Gasteiger partial charge in [0.05, 0.1) is 11.9 Å². The maximum Gasteiger partial charge on any atom is 0.227 e. The van der Waals surface area contributed by atoms with E-state index in [1.807, 2.05) is 24.3 Å². The Morgan fingerprint density at radius 3 is 2.59 bits per heavy atom. The van der Waals surface area contributed by atoms with Crippen molar-refractivity contribution < 1.29 is 9.53 Å². The average Bonchev–Trinajstić information content (AvgIpc) is 2.43. The molecule has 1 saturated carbocycles. The minimum absolute atomic E-state index is 0.0934. The molecular weight excluding hydrogens is 276 g/mol. The molecule has 1 fully saturated rings. The van der Waals surface area contributed by atoms with Crippen molar-refractivity contribution in [3.8, 4) is 11.6 Å². The molecule has 1 aromatic carbocycles. The summed E-state index contributed by atoms with van der Waals surface area (Å²) >= 11 is 0. The molecule has 1 aliphatic rings. The lowest BCUT2D eigenvalue weighted by Crippen LogP contribution is -2.28. The molecule has 114 valence electrons. The van der Waals surface area contributed by atoms with Gasteiger partial charge in [-0.1, -0.05) is 12.5 Å². The number of aromatic nitrogens is 1. The van der Waals surface area contributed by atoms with E-state index in [-0.39, 0.29) is 11.8 Å². The highest BCUT2D eigenvalue weighted by molar-refractivity contribution is 5.92. The Bertz CT molecular complexity index is 676. The molecule has 1 aromatic heterocycles. The summed E-state index contributed by atoms with van der Waals surface area (Å²) in [6.07, 6.45) is 4.77. The van der Waals surface area contributed by atoms with Crippen molar-refractivity contribution in [2.24, 2.45) is 5.92 Å². The molecule has 0 saturated heterocycles. The van der Waals surface area contributed by atoms with E-state index in [1.54, 1.807) is 12.3 Å². The summed E-state index contributed by atoms with van der Waals surface area (Å²) in [7, 11) is 0. The van der Waals surface area contributed by atoms with Gasteiger partial charge in [0.15, 0.2) is 0 Å². The van der Waals surface area contributed by atoms with Crippen LogP contribution < -0.4 is 10.1 Å². The molecule has 4 heteroatoms. The standard InChI is InChI=1S/C18H20N2O2/c1-12-6-8-16(10-13(12)2)22-17-9-7-15(11-19-17)20-18(21)14-4-3-5-14/h6-11,14H,3-5H2,1-2H3,(H,20,21). The van der Waals surface area contributed by atoms with Crippen molar-refractivity contribution in [2.45, 2.75) is 33.1 Å². The first-order valence-electron chi connectivity index (χ1n) is 7.64. The van der Waals surface area contributed by atoms with Crippen LogP contribution >= 0.6 is 0 Å². The summed E-state index contributed by atoms with van der Waals surface area (Å²) < 4.78 is 5.73. The molecule has 1 amide bonds. The predicted octanol–water partition coefficient (Wildman–Crippen LogP) is 4.23. The number of aryl methyl sites for hydroxylation is 2. The first kappa shape index (κ1) is 14.6. The summed E-state index contributed by atoms with van der Waals surface area (Å²) in [6, 6.07) is 9.53. The summed E-state index contributed by atoms with van der Waals surface area (Å²) in [5.74, 6) is 1.55. The van der Waals surface area contributed by atoms with Crippen LogP contribution in [0.2, 0.25) is 0 Å². The molecule has 1 aliphatic carbocycles. The predicted molar refractivity (Wildman–Crippen MR) is 86.2 cm³/mol. The SMILES string of the molecule is Cc1ccc(Oc2ccc(NC(=O)C3CCC3)cn2)cc1C. The molecule has 1 N–H and O–H groups in total. The second-order valence-corrected chi connectivity index (χ2v) is 5.85. The monoisotopic (exact) mass is 296 g/mol. The van der Waals surface area contributed by atoms with Crippen molar-refractivity contribution in [3.05, 3.63) is 47.7 Å². The van der Waals surface area contributed by atoms with Crippen LogP contribution in [-0.2, 0) is 4.79 Å². The van der Waals surface area contributed by atoms with Crippen molar-refractivity contribution in [1.29, 1.82) is 0 Å². The number of nitrogens with zero attached hydrogens (tertiary/aromatic N) is 1. The van der Waals surface area contributed by atoms with Gasteiger partial charge in [0.2, 0.25) is 11.8 Å². The van der Waals surface area contributed by atoms with Crippen LogP contribution in [0.4, 0.5) is 5.69 Å². The number of amides is 1. The molecule has 0 spiro atoms. The number of anilines is 1. The summed E-state index contributed by atoms with van der Waals surface area (Å²) in [5.41, 5.74) is 3.13. The zero-order valence-corrected chi connectivity index (χ0v) is 12.9. The van der Waals surface area contributed by atoms with Gasteiger partial charge in [-0.05, 0) is 56.0 Å². The van der Waals surface area contributed by atoms with Crippen molar-refractivity contribution >= 4 is 11.6 Å². The van der Waals surface area contributed by atoms with Crippen LogP contribution in [0.3, 0.4) is 0 Å². The molecule has 3 rings (SSSR count). The molecule has 0 aliphatic heterocycles. The quantitative estimate of drug-likeness (QED) is 0.918. The van der Waals surface area contributed by atoms with Crippen molar-refractivity contribution in [1.82, 2.24) is 4.98 Å². The molecule has 4 nitrogen and oxygen atoms in total. The zero-order chi connectivity index (χ0) is 15.5. The van der Waals surface area contributed by atoms with Crippen LogP contribution in [-0.4, -0.2) is 10.9 Å². The Morgan fingerprint density at radius 1 is 1.18 bits per heavy atom. The molecule has 2 aromatic rings. The molecule has 0 radical (unpaired) electrons. The minimum atomic E-state index is 0.0934. The lowest BCUT2D eigenvalue weighted by molar-refractivity contribution is -0.122. The molecule has 1 heterocycles. The normalized spacial score (nSPS) is 14.3. The highest BCUT2D eigenvalue weighted by Gasteiger charge is 2.25. The van der Waals surface area contributed by atoms with E-state index < -0.39 is 0 Å².